The van der Waals surface area contributed by atoms with Crippen LogP contribution in [0.1, 0.15) is 24.8 Å². The van der Waals surface area contributed by atoms with E-state index in [2.05, 4.69) is 17.0 Å². The topological polar surface area (TPSA) is 125 Å². The molecule has 1 heterocycles. The van der Waals surface area contributed by atoms with E-state index in [1.165, 1.54) is 12.3 Å². The van der Waals surface area contributed by atoms with Gasteiger partial charge < -0.3 is 21.2 Å². The second-order valence-corrected chi connectivity index (χ2v) is 6.03. The number of hydrogen-bond acceptors (Lipinski definition) is 5. The number of carbonyl (C=O) groups excluding carboxylic acids is 2. The van der Waals surface area contributed by atoms with E-state index in [0.29, 0.717) is 13.0 Å². The predicted octanol–water partition coefficient (Wildman–Crippen LogP) is 0.868. The molecule has 1 saturated heterocycles. The average molecular weight is 358 g/mol. The molecule has 1 fully saturated rings. The van der Waals surface area contributed by atoms with Gasteiger partial charge in [-0.25, -0.2) is 4.79 Å². The molecule has 2 amide bonds. The van der Waals surface area contributed by atoms with E-state index in [1.54, 1.807) is 29.2 Å². The minimum atomic E-state index is -1.13. The van der Waals surface area contributed by atoms with Gasteiger partial charge in [0.05, 0.1) is 6.21 Å². The highest BCUT2D eigenvalue weighted by atomic mass is 16.4. The third kappa shape index (κ3) is 4.69. The molecular formula is C18H22N4O4. The third-order valence-corrected chi connectivity index (χ3v) is 4.21. The molecule has 0 aromatic heterocycles. The van der Waals surface area contributed by atoms with Crippen molar-refractivity contribution < 1.29 is 19.5 Å². The zero-order valence-corrected chi connectivity index (χ0v) is 14.3. The van der Waals surface area contributed by atoms with Crippen molar-refractivity contribution in [2.24, 2.45) is 16.9 Å². The van der Waals surface area contributed by atoms with Crippen molar-refractivity contribution >= 4 is 29.7 Å². The van der Waals surface area contributed by atoms with Gasteiger partial charge in [-0.15, -0.1) is 6.58 Å². The van der Waals surface area contributed by atoms with Gasteiger partial charge in [0, 0.05) is 24.6 Å². The number of rotatable bonds is 8. The number of hydrogen-bond donors (Lipinski definition) is 3. The molecular weight excluding hydrogens is 336 g/mol. The number of carbonyl (C=O) groups is 3. The first-order valence-electron chi connectivity index (χ1n) is 8.24. The molecule has 0 aliphatic carbocycles. The Bertz CT molecular complexity index is 714. The van der Waals surface area contributed by atoms with Gasteiger partial charge in [-0.05, 0) is 30.5 Å². The fraction of sp³-hybridized carbons (Fsp3) is 0.333. The van der Waals surface area contributed by atoms with Crippen LogP contribution in [0.3, 0.4) is 0 Å². The molecule has 0 saturated carbocycles. The van der Waals surface area contributed by atoms with E-state index in [-0.39, 0.29) is 18.7 Å². The first kappa shape index (κ1) is 19.2. The maximum absolute atomic E-state index is 12.6. The number of nitrogens with one attached hydrogen (secondary N) is 1. The molecule has 1 unspecified atom stereocenters. The fourth-order valence-corrected chi connectivity index (χ4v) is 2.88. The molecule has 1 aliphatic heterocycles. The number of hydrazone groups is 1. The third-order valence-electron chi connectivity index (χ3n) is 4.21. The van der Waals surface area contributed by atoms with Gasteiger partial charge in [-0.2, -0.15) is 5.10 Å². The predicted molar refractivity (Wildman–Crippen MR) is 97.7 cm³/mol. The Balaban J connectivity index is 1.96. The summed E-state index contributed by atoms with van der Waals surface area (Å²) in [7, 11) is 0. The van der Waals surface area contributed by atoms with Crippen molar-refractivity contribution in [2.75, 3.05) is 11.4 Å². The highest BCUT2D eigenvalue weighted by Gasteiger charge is 2.34. The number of benzene rings is 1. The first-order valence-corrected chi connectivity index (χ1v) is 8.24. The summed E-state index contributed by atoms with van der Waals surface area (Å²) in [6, 6.07) is 6.16. The summed E-state index contributed by atoms with van der Waals surface area (Å²) in [5.41, 5.74) is 1.56. The highest BCUT2D eigenvalue weighted by Crippen LogP contribution is 2.27. The second-order valence-electron chi connectivity index (χ2n) is 6.03. The Kier molecular flexibility index (Phi) is 6.48. The molecule has 8 nitrogen and oxygen atoms in total. The van der Waals surface area contributed by atoms with Crippen LogP contribution < -0.4 is 16.1 Å². The number of aliphatic carboxylic acids is 1. The van der Waals surface area contributed by atoms with Crippen LogP contribution in [-0.2, 0) is 14.4 Å². The zero-order chi connectivity index (χ0) is 19.1. The van der Waals surface area contributed by atoms with Crippen molar-refractivity contribution in [1.29, 1.82) is 0 Å². The van der Waals surface area contributed by atoms with Gasteiger partial charge in [-0.1, -0.05) is 18.2 Å². The SMILES string of the molecule is C=CC[C@H](NC(=O)CC1CCN(c2ccc(C=NN)cc2)C1=O)C(=O)O. The van der Waals surface area contributed by atoms with Crippen molar-refractivity contribution in [3.8, 4) is 0 Å². The van der Waals surface area contributed by atoms with Crippen molar-refractivity contribution in [3.63, 3.8) is 0 Å². The lowest BCUT2D eigenvalue weighted by molar-refractivity contribution is -0.141. The van der Waals surface area contributed by atoms with Crippen LogP contribution in [0.25, 0.3) is 0 Å². The molecule has 138 valence electrons. The van der Waals surface area contributed by atoms with E-state index in [9.17, 15) is 14.4 Å². The standard InChI is InChI=1S/C18H22N4O4/c1-2-3-15(18(25)26)21-16(23)10-13-8-9-22(17(13)24)14-6-4-12(5-7-14)11-20-19/h2,4-7,11,13,15H,1,3,8-10,19H2,(H,21,23)(H,25,26)/t13?,15-/m0/s1. The van der Waals surface area contributed by atoms with Crippen LogP contribution in [-0.4, -0.2) is 41.7 Å². The van der Waals surface area contributed by atoms with E-state index < -0.39 is 23.8 Å². The van der Waals surface area contributed by atoms with Gasteiger partial charge in [0.15, 0.2) is 0 Å². The summed E-state index contributed by atoms with van der Waals surface area (Å²) in [6.45, 7) is 3.99. The number of carboxylic acids is 1. The zero-order valence-electron chi connectivity index (χ0n) is 14.3. The van der Waals surface area contributed by atoms with Crippen molar-refractivity contribution in [2.45, 2.75) is 25.3 Å². The van der Waals surface area contributed by atoms with Crippen LogP contribution in [0.2, 0.25) is 0 Å². The van der Waals surface area contributed by atoms with Crippen molar-refractivity contribution in [3.05, 3.63) is 42.5 Å². The minimum absolute atomic E-state index is 0.0336. The summed E-state index contributed by atoms with van der Waals surface area (Å²) < 4.78 is 0. The molecule has 1 aromatic rings. The van der Waals surface area contributed by atoms with E-state index in [1.807, 2.05) is 0 Å². The van der Waals surface area contributed by atoms with Crippen LogP contribution in [0.15, 0.2) is 42.0 Å². The van der Waals surface area contributed by atoms with Gasteiger partial charge in [-0.3, -0.25) is 9.59 Å². The second kappa shape index (κ2) is 8.80. The minimum Gasteiger partial charge on any atom is -0.480 e. The monoisotopic (exact) mass is 358 g/mol. The lowest BCUT2D eigenvalue weighted by atomic mass is 10.0. The quantitative estimate of drug-likeness (QED) is 0.275. The molecule has 26 heavy (non-hydrogen) atoms. The normalized spacial score (nSPS) is 18.1. The Labute approximate surface area is 151 Å². The molecule has 8 heteroatoms. The molecule has 2 rings (SSSR count). The number of amides is 2. The Hall–Kier alpha value is -3.16. The summed E-state index contributed by atoms with van der Waals surface area (Å²) >= 11 is 0. The largest absolute Gasteiger partial charge is 0.480 e. The van der Waals surface area contributed by atoms with Gasteiger partial charge >= 0.3 is 5.97 Å². The molecule has 4 N–H and O–H groups in total. The van der Waals surface area contributed by atoms with Gasteiger partial charge in [0.2, 0.25) is 11.8 Å². The Morgan fingerprint density at radius 3 is 2.69 bits per heavy atom. The Morgan fingerprint density at radius 1 is 1.42 bits per heavy atom. The fourth-order valence-electron chi connectivity index (χ4n) is 2.88. The maximum Gasteiger partial charge on any atom is 0.326 e. The smallest absolute Gasteiger partial charge is 0.326 e. The van der Waals surface area contributed by atoms with Crippen LogP contribution >= 0.6 is 0 Å². The summed E-state index contributed by atoms with van der Waals surface area (Å²) in [5.74, 6) is 2.93. The molecule has 0 radical (unpaired) electrons. The molecule has 0 spiro atoms. The van der Waals surface area contributed by atoms with Gasteiger partial charge in [0.25, 0.3) is 0 Å². The first-order chi connectivity index (χ1) is 12.5. The number of nitrogens with zero attached hydrogens (tertiary/aromatic N) is 2. The lowest BCUT2D eigenvalue weighted by Gasteiger charge is -2.17. The number of nitrogens with two attached hydrogens (primary N) is 1. The average Bonchev–Trinajstić information content (AvgIpc) is 2.96. The van der Waals surface area contributed by atoms with Crippen LogP contribution in [0.5, 0.6) is 0 Å². The number of anilines is 1. The molecule has 1 aliphatic rings. The van der Waals surface area contributed by atoms with Gasteiger partial charge in [0.1, 0.15) is 6.04 Å². The highest BCUT2D eigenvalue weighted by molar-refractivity contribution is 5.99. The van der Waals surface area contributed by atoms with E-state index in [4.69, 9.17) is 10.9 Å². The maximum atomic E-state index is 12.6. The van der Waals surface area contributed by atoms with Crippen molar-refractivity contribution in [1.82, 2.24) is 5.32 Å². The molecule has 0 bridgehead atoms. The van der Waals surface area contributed by atoms with Crippen LogP contribution in [0.4, 0.5) is 5.69 Å². The lowest BCUT2D eigenvalue weighted by Crippen LogP contribution is -2.41. The molecule has 2 atom stereocenters. The summed E-state index contributed by atoms with van der Waals surface area (Å²) in [5, 5.41) is 14.9. The summed E-state index contributed by atoms with van der Waals surface area (Å²) in [4.78, 5) is 37.4. The Morgan fingerprint density at radius 2 is 2.12 bits per heavy atom. The van der Waals surface area contributed by atoms with E-state index >= 15 is 0 Å². The van der Waals surface area contributed by atoms with E-state index in [0.717, 1.165) is 11.3 Å². The van der Waals surface area contributed by atoms with Crippen LogP contribution in [0, 0.1) is 5.92 Å². The summed E-state index contributed by atoms with van der Waals surface area (Å²) in [6.07, 6.45) is 3.57. The number of carboxylic acid groups (broad SMARTS) is 1. The molecule has 1 aromatic carbocycles.